The second kappa shape index (κ2) is 5.62. The van der Waals surface area contributed by atoms with E-state index in [2.05, 4.69) is 10.4 Å². The molecule has 2 aromatic carbocycles. The van der Waals surface area contributed by atoms with Gasteiger partial charge in [-0.3, -0.25) is 14.3 Å². The molecule has 3 aromatic rings. The molecule has 1 aliphatic heterocycles. The molecule has 4 rings (SSSR count). The van der Waals surface area contributed by atoms with E-state index in [1.807, 2.05) is 6.07 Å². The van der Waals surface area contributed by atoms with Crippen LogP contribution in [0.5, 0.6) is 5.75 Å². The van der Waals surface area contributed by atoms with Crippen molar-refractivity contribution < 1.29 is 14.7 Å². The van der Waals surface area contributed by atoms with Crippen LogP contribution in [0.1, 0.15) is 20.8 Å². The normalized spacial score (nSPS) is 13.8. The fourth-order valence-corrected chi connectivity index (χ4v) is 3.02. The molecule has 0 aliphatic carbocycles. The number of carbonyl (C=O) groups excluding carboxylic acids is 2. The third-order valence-electron chi connectivity index (χ3n) is 4.34. The molecule has 7 heteroatoms. The number of rotatable bonds is 2. The number of hydrogen-bond acceptors (Lipinski definition) is 4. The maximum absolute atomic E-state index is 12.7. The third-order valence-corrected chi connectivity index (χ3v) is 4.34. The van der Waals surface area contributed by atoms with Gasteiger partial charge >= 0.3 is 0 Å². The van der Waals surface area contributed by atoms with E-state index < -0.39 is 0 Å². The summed E-state index contributed by atoms with van der Waals surface area (Å²) in [6.45, 7) is 1.19. The summed E-state index contributed by atoms with van der Waals surface area (Å²) in [7, 11) is 1.74. The predicted molar refractivity (Wildman–Crippen MR) is 92.8 cm³/mol. The van der Waals surface area contributed by atoms with Crippen LogP contribution in [-0.4, -0.2) is 45.2 Å². The maximum Gasteiger partial charge on any atom is 0.272 e. The van der Waals surface area contributed by atoms with Crippen LogP contribution in [0.3, 0.4) is 0 Å². The van der Waals surface area contributed by atoms with Crippen LogP contribution in [0.4, 0.5) is 5.82 Å². The van der Waals surface area contributed by atoms with Crippen molar-refractivity contribution in [2.75, 3.05) is 18.9 Å². The van der Waals surface area contributed by atoms with Gasteiger partial charge in [0.05, 0.1) is 6.54 Å². The molecule has 0 radical (unpaired) electrons. The Morgan fingerprint density at radius 2 is 2.04 bits per heavy atom. The summed E-state index contributed by atoms with van der Waals surface area (Å²) >= 11 is 0. The summed E-state index contributed by atoms with van der Waals surface area (Å²) in [5, 5.41) is 18.1. The number of anilines is 1. The first kappa shape index (κ1) is 15.2. The summed E-state index contributed by atoms with van der Waals surface area (Å²) < 4.78 is 1.61. The minimum atomic E-state index is -0.312. The van der Waals surface area contributed by atoms with Gasteiger partial charge in [0.15, 0.2) is 5.82 Å². The van der Waals surface area contributed by atoms with Crippen molar-refractivity contribution in [3.63, 3.8) is 0 Å². The van der Waals surface area contributed by atoms with Crippen molar-refractivity contribution in [3.05, 3.63) is 53.7 Å². The van der Waals surface area contributed by atoms with E-state index in [0.29, 0.717) is 30.2 Å². The maximum atomic E-state index is 12.7. The van der Waals surface area contributed by atoms with Gasteiger partial charge in [-0.2, -0.15) is 5.10 Å². The number of aromatic nitrogens is 2. The van der Waals surface area contributed by atoms with Gasteiger partial charge in [0.1, 0.15) is 11.4 Å². The zero-order valence-corrected chi connectivity index (χ0v) is 13.6. The van der Waals surface area contributed by atoms with Crippen LogP contribution in [0.2, 0.25) is 0 Å². The van der Waals surface area contributed by atoms with Crippen molar-refractivity contribution in [1.82, 2.24) is 14.7 Å². The summed E-state index contributed by atoms with van der Waals surface area (Å²) in [4.78, 5) is 26.4. The number of aromatic hydroxyl groups is 1. The van der Waals surface area contributed by atoms with Crippen LogP contribution in [-0.2, 0) is 6.54 Å². The van der Waals surface area contributed by atoms with Crippen LogP contribution < -0.4 is 5.32 Å². The van der Waals surface area contributed by atoms with E-state index in [0.717, 1.165) is 10.8 Å². The molecular weight excluding hydrogens is 320 g/mol. The lowest BCUT2D eigenvalue weighted by atomic mass is 10.0. The van der Waals surface area contributed by atoms with Crippen molar-refractivity contribution in [1.29, 1.82) is 0 Å². The summed E-state index contributed by atoms with van der Waals surface area (Å²) in [6.07, 6.45) is 0. The number of phenolic OH excluding ortho intramolecular Hbond substituents is 1. The molecule has 0 saturated carbocycles. The SMILES string of the molecule is CN1CCn2nc(NC(=O)c3cccc4cc(O)ccc34)cc2C1=O. The van der Waals surface area contributed by atoms with E-state index in [1.54, 1.807) is 53.0 Å². The Morgan fingerprint density at radius 3 is 2.88 bits per heavy atom. The first-order valence-corrected chi connectivity index (χ1v) is 7.89. The first-order chi connectivity index (χ1) is 12.0. The summed E-state index contributed by atoms with van der Waals surface area (Å²) in [5.41, 5.74) is 0.943. The zero-order valence-electron chi connectivity index (χ0n) is 13.6. The number of benzene rings is 2. The molecule has 0 bridgehead atoms. The standard InChI is InChI=1S/C18H16N4O3/c1-21-7-8-22-15(18(21)25)10-16(20-22)19-17(24)14-4-2-3-11-9-12(23)5-6-13(11)14/h2-6,9-10,23H,7-8H2,1H3,(H,19,20,24). The van der Waals surface area contributed by atoms with Crippen LogP contribution in [0, 0.1) is 0 Å². The molecule has 2 amide bonds. The molecule has 126 valence electrons. The Hall–Kier alpha value is -3.35. The lowest BCUT2D eigenvalue weighted by molar-refractivity contribution is 0.0742. The van der Waals surface area contributed by atoms with Gasteiger partial charge in [-0.1, -0.05) is 12.1 Å². The van der Waals surface area contributed by atoms with E-state index in [4.69, 9.17) is 0 Å². The quantitative estimate of drug-likeness (QED) is 0.750. The number of amides is 2. The molecule has 0 fully saturated rings. The molecule has 2 N–H and O–H groups in total. The Kier molecular flexibility index (Phi) is 3.42. The minimum absolute atomic E-state index is 0.111. The van der Waals surface area contributed by atoms with E-state index in [9.17, 15) is 14.7 Å². The molecule has 25 heavy (non-hydrogen) atoms. The summed E-state index contributed by atoms with van der Waals surface area (Å²) in [6, 6.07) is 11.7. The van der Waals surface area contributed by atoms with Crippen LogP contribution >= 0.6 is 0 Å². The molecule has 0 atom stereocenters. The number of nitrogens with zero attached hydrogens (tertiary/aromatic N) is 3. The minimum Gasteiger partial charge on any atom is -0.508 e. The monoisotopic (exact) mass is 336 g/mol. The van der Waals surface area contributed by atoms with Gasteiger partial charge < -0.3 is 15.3 Å². The Labute approximate surface area is 143 Å². The molecule has 0 spiro atoms. The average molecular weight is 336 g/mol. The molecule has 0 unspecified atom stereocenters. The van der Waals surface area contributed by atoms with Crippen LogP contribution in [0.25, 0.3) is 10.8 Å². The van der Waals surface area contributed by atoms with E-state index >= 15 is 0 Å². The Morgan fingerprint density at radius 1 is 1.20 bits per heavy atom. The van der Waals surface area contributed by atoms with Gasteiger partial charge in [-0.05, 0) is 35.0 Å². The number of fused-ring (bicyclic) bond motifs is 2. The number of hydrogen-bond donors (Lipinski definition) is 2. The van der Waals surface area contributed by atoms with Gasteiger partial charge in [0.2, 0.25) is 0 Å². The van der Waals surface area contributed by atoms with Gasteiger partial charge in [-0.15, -0.1) is 0 Å². The smallest absolute Gasteiger partial charge is 0.272 e. The number of likely N-dealkylation sites (N-methyl/N-ethyl adjacent to an activating group) is 1. The zero-order chi connectivity index (χ0) is 17.6. The highest BCUT2D eigenvalue weighted by atomic mass is 16.3. The van der Waals surface area contributed by atoms with Gasteiger partial charge in [0.25, 0.3) is 11.8 Å². The lowest BCUT2D eigenvalue weighted by Crippen LogP contribution is -2.37. The van der Waals surface area contributed by atoms with Crippen molar-refractivity contribution in [2.24, 2.45) is 0 Å². The second-order valence-electron chi connectivity index (χ2n) is 6.03. The number of nitrogens with one attached hydrogen (secondary N) is 1. The highest BCUT2D eigenvalue weighted by molar-refractivity contribution is 6.13. The average Bonchev–Trinajstić information content (AvgIpc) is 3.00. The fraction of sp³-hybridized carbons (Fsp3) is 0.167. The molecular formula is C18H16N4O3. The highest BCUT2D eigenvalue weighted by Crippen LogP contribution is 2.24. The number of carbonyl (C=O) groups is 2. The first-order valence-electron chi connectivity index (χ1n) is 7.89. The number of phenols is 1. The van der Waals surface area contributed by atoms with Gasteiger partial charge in [-0.25, -0.2) is 0 Å². The van der Waals surface area contributed by atoms with Crippen molar-refractivity contribution in [2.45, 2.75) is 6.54 Å². The Bertz CT molecular complexity index is 1010. The lowest BCUT2D eigenvalue weighted by Gasteiger charge is -2.22. The molecule has 2 heterocycles. The van der Waals surface area contributed by atoms with Gasteiger partial charge in [0, 0.05) is 25.2 Å². The molecule has 1 aromatic heterocycles. The van der Waals surface area contributed by atoms with Crippen molar-refractivity contribution in [3.8, 4) is 5.75 Å². The summed E-state index contributed by atoms with van der Waals surface area (Å²) in [5.74, 6) is 0.0707. The van der Waals surface area contributed by atoms with E-state index in [-0.39, 0.29) is 17.6 Å². The van der Waals surface area contributed by atoms with E-state index in [1.165, 1.54) is 0 Å². The largest absolute Gasteiger partial charge is 0.508 e. The molecule has 0 saturated heterocycles. The predicted octanol–water partition coefficient (Wildman–Crippen LogP) is 2.08. The Balaban J connectivity index is 1.65. The second-order valence-corrected chi connectivity index (χ2v) is 6.03. The third kappa shape index (κ3) is 2.59. The van der Waals surface area contributed by atoms with Crippen LogP contribution in [0.15, 0.2) is 42.5 Å². The highest BCUT2D eigenvalue weighted by Gasteiger charge is 2.24. The fourth-order valence-electron chi connectivity index (χ4n) is 3.02. The topological polar surface area (TPSA) is 87.5 Å². The molecule has 1 aliphatic rings. The van der Waals surface area contributed by atoms with Crippen molar-refractivity contribution >= 4 is 28.4 Å². The molecule has 7 nitrogen and oxygen atoms in total.